The zero-order valence-electron chi connectivity index (χ0n) is 15.0. The molecule has 2 aromatic carbocycles. The van der Waals surface area contributed by atoms with Gasteiger partial charge in [-0.05, 0) is 49.4 Å². The maximum atomic E-state index is 12.9. The number of nitrogens with one attached hydrogen (secondary N) is 1. The Kier molecular flexibility index (Phi) is 6.37. The Hall–Kier alpha value is -2.80. The first-order chi connectivity index (χ1) is 13.6. The number of alkyl halides is 6. The summed E-state index contributed by atoms with van der Waals surface area (Å²) in [6, 6.07) is 5.20. The summed E-state index contributed by atoms with van der Waals surface area (Å²) in [5, 5.41) is 7.22. The van der Waals surface area contributed by atoms with Crippen molar-refractivity contribution in [3.63, 3.8) is 0 Å². The van der Waals surface area contributed by atoms with Crippen molar-refractivity contribution < 1.29 is 44.3 Å². The van der Waals surface area contributed by atoms with Crippen LogP contribution in [0.4, 0.5) is 32.0 Å². The predicted molar refractivity (Wildman–Crippen MR) is 93.0 cm³/mol. The lowest BCUT2D eigenvalue weighted by Crippen LogP contribution is -2.30. The van der Waals surface area contributed by atoms with Gasteiger partial charge in [0.15, 0.2) is 6.10 Å². The molecule has 0 saturated carbocycles. The van der Waals surface area contributed by atoms with Gasteiger partial charge in [0.1, 0.15) is 5.75 Å². The number of ether oxygens (including phenoxy) is 1. The molecular weight excluding hydrogens is 442 g/mol. The van der Waals surface area contributed by atoms with Gasteiger partial charge in [0.05, 0.1) is 16.0 Å². The van der Waals surface area contributed by atoms with Gasteiger partial charge in [0, 0.05) is 5.69 Å². The van der Waals surface area contributed by atoms with E-state index >= 15 is 0 Å². The first kappa shape index (κ1) is 23.5. The Morgan fingerprint density at radius 3 is 1.83 bits per heavy atom. The molecule has 1 unspecified atom stereocenters. The second kappa shape index (κ2) is 8.14. The minimum atomic E-state index is -5.06. The van der Waals surface area contributed by atoms with E-state index in [1.54, 1.807) is 0 Å². The van der Waals surface area contributed by atoms with Gasteiger partial charge in [-0.3, -0.25) is 4.79 Å². The van der Waals surface area contributed by atoms with Crippen molar-refractivity contribution in [2.45, 2.75) is 30.3 Å². The molecule has 6 nitrogen and oxygen atoms in total. The molecule has 3 N–H and O–H groups in total. The molecule has 2 aromatic rings. The van der Waals surface area contributed by atoms with E-state index in [9.17, 15) is 39.6 Å². The molecule has 0 spiro atoms. The van der Waals surface area contributed by atoms with E-state index < -0.39 is 51.3 Å². The zero-order valence-corrected chi connectivity index (χ0v) is 15.8. The van der Waals surface area contributed by atoms with Crippen molar-refractivity contribution in [3.8, 4) is 5.75 Å². The van der Waals surface area contributed by atoms with Gasteiger partial charge in [-0.2, -0.15) is 26.3 Å². The molecule has 0 aliphatic heterocycles. The van der Waals surface area contributed by atoms with Crippen LogP contribution >= 0.6 is 0 Å². The Bertz CT molecular complexity index is 1000. The fourth-order valence-corrected chi connectivity index (χ4v) is 2.74. The Morgan fingerprint density at radius 2 is 1.43 bits per heavy atom. The van der Waals surface area contributed by atoms with Gasteiger partial charge in [-0.1, -0.05) is 0 Å². The molecular formula is C17H14F6N2O4S. The molecule has 0 heterocycles. The molecule has 1 atom stereocenters. The van der Waals surface area contributed by atoms with Crippen LogP contribution in [0.25, 0.3) is 0 Å². The number of rotatable bonds is 5. The van der Waals surface area contributed by atoms with Crippen LogP contribution in [-0.4, -0.2) is 20.4 Å². The number of carbonyl (C=O) groups excluding carboxylic acids is 1. The Balaban J connectivity index is 2.20. The van der Waals surface area contributed by atoms with E-state index in [0.29, 0.717) is 12.1 Å². The van der Waals surface area contributed by atoms with Crippen LogP contribution in [0, 0.1) is 0 Å². The van der Waals surface area contributed by atoms with Crippen molar-refractivity contribution >= 4 is 21.6 Å². The number of halogens is 6. The molecule has 30 heavy (non-hydrogen) atoms. The predicted octanol–water partition coefficient (Wildman–Crippen LogP) is 3.78. The first-order valence-electron chi connectivity index (χ1n) is 7.97. The highest BCUT2D eigenvalue weighted by Crippen LogP contribution is 2.38. The lowest BCUT2D eigenvalue weighted by atomic mass is 10.1. The summed E-state index contributed by atoms with van der Waals surface area (Å²) in [5.41, 5.74) is -3.07. The van der Waals surface area contributed by atoms with E-state index in [4.69, 9.17) is 9.88 Å². The SMILES string of the molecule is CC(Oc1cc(C(F)(F)F)cc(C(F)(F)F)c1)C(=O)Nc1ccc(S(N)(=O)=O)cc1. The largest absolute Gasteiger partial charge is 0.481 e. The maximum absolute atomic E-state index is 12.9. The van der Waals surface area contributed by atoms with Gasteiger partial charge >= 0.3 is 12.4 Å². The summed E-state index contributed by atoms with van der Waals surface area (Å²) in [7, 11) is -3.96. The van der Waals surface area contributed by atoms with Crippen LogP contribution in [0.15, 0.2) is 47.4 Å². The normalized spacial score (nSPS) is 13.6. The van der Waals surface area contributed by atoms with Gasteiger partial charge in [-0.25, -0.2) is 13.6 Å². The van der Waals surface area contributed by atoms with E-state index in [1.807, 2.05) is 0 Å². The Morgan fingerprint density at radius 1 is 0.967 bits per heavy atom. The van der Waals surface area contributed by atoms with Crippen LogP contribution in [0.5, 0.6) is 5.75 Å². The molecule has 2 rings (SSSR count). The standard InChI is InChI=1S/C17H14F6N2O4S/c1-9(15(26)25-12-2-4-14(5-3-12)30(24,27)28)29-13-7-10(16(18,19)20)6-11(8-13)17(21,22)23/h2-9H,1H3,(H,25,26)(H2,24,27,28). The summed E-state index contributed by atoms with van der Waals surface area (Å²) in [6.07, 6.45) is -11.6. The van der Waals surface area contributed by atoms with Crippen molar-refractivity contribution in [1.82, 2.24) is 0 Å². The lowest BCUT2D eigenvalue weighted by molar-refractivity contribution is -0.143. The quantitative estimate of drug-likeness (QED) is 0.669. The zero-order chi connectivity index (χ0) is 22.9. The highest BCUT2D eigenvalue weighted by Gasteiger charge is 2.37. The third-order valence-electron chi connectivity index (χ3n) is 3.69. The van der Waals surface area contributed by atoms with E-state index in [1.165, 1.54) is 12.1 Å². The highest BCUT2D eigenvalue weighted by molar-refractivity contribution is 7.89. The fourth-order valence-electron chi connectivity index (χ4n) is 2.22. The summed E-state index contributed by atoms with van der Waals surface area (Å²) in [4.78, 5) is 11.9. The molecule has 1 amide bonds. The number of primary sulfonamides is 1. The van der Waals surface area contributed by atoms with Crippen LogP contribution < -0.4 is 15.2 Å². The number of nitrogens with two attached hydrogens (primary N) is 1. The van der Waals surface area contributed by atoms with Crippen LogP contribution in [-0.2, 0) is 27.2 Å². The monoisotopic (exact) mass is 456 g/mol. The average Bonchev–Trinajstić information content (AvgIpc) is 2.59. The second-order valence-corrected chi connectivity index (χ2v) is 7.62. The second-order valence-electron chi connectivity index (χ2n) is 6.06. The van der Waals surface area contributed by atoms with Gasteiger partial charge in [0.25, 0.3) is 5.91 Å². The molecule has 0 bridgehead atoms. The third-order valence-corrected chi connectivity index (χ3v) is 4.62. The number of hydrogen-bond donors (Lipinski definition) is 2. The molecule has 0 fully saturated rings. The van der Waals surface area contributed by atoms with Crippen LogP contribution in [0.2, 0.25) is 0 Å². The van der Waals surface area contributed by atoms with Gasteiger partial charge < -0.3 is 10.1 Å². The summed E-state index contributed by atoms with van der Waals surface area (Å²) >= 11 is 0. The van der Waals surface area contributed by atoms with E-state index in [0.717, 1.165) is 19.1 Å². The number of carbonyl (C=O) groups is 1. The first-order valence-corrected chi connectivity index (χ1v) is 9.52. The van der Waals surface area contributed by atoms with Crippen LogP contribution in [0.1, 0.15) is 18.1 Å². The summed E-state index contributed by atoms with van der Waals surface area (Å²) in [5.74, 6) is -1.70. The van der Waals surface area contributed by atoms with Crippen molar-refractivity contribution in [2.24, 2.45) is 5.14 Å². The maximum Gasteiger partial charge on any atom is 0.416 e. The smallest absolute Gasteiger partial charge is 0.416 e. The molecule has 0 radical (unpaired) electrons. The summed E-state index contributed by atoms with van der Waals surface area (Å²) in [6.45, 7) is 1.11. The van der Waals surface area contributed by atoms with Gasteiger partial charge in [-0.15, -0.1) is 0 Å². The topological polar surface area (TPSA) is 98.5 Å². The molecule has 0 aliphatic rings. The van der Waals surface area contributed by atoms with E-state index in [2.05, 4.69) is 5.32 Å². The van der Waals surface area contributed by atoms with Crippen molar-refractivity contribution in [1.29, 1.82) is 0 Å². The minimum absolute atomic E-state index is 0.0648. The van der Waals surface area contributed by atoms with E-state index in [-0.39, 0.29) is 16.6 Å². The molecule has 13 heteroatoms. The molecule has 164 valence electrons. The lowest BCUT2D eigenvalue weighted by Gasteiger charge is -2.18. The highest BCUT2D eigenvalue weighted by atomic mass is 32.2. The molecule has 0 saturated heterocycles. The fraction of sp³-hybridized carbons (Fsp3) is 0.235. The number of anilines is 1. The minimum Gasteiger partial charge on any atom is -0.481 e. The summed E-state index contributed by atoms with van der Waals surface area (Å²) < 4.78 is 105. The Labute approximate surface area is 166 Å². The number of benzene rings is 2. The number of sulfonamides is 1. The third kappa shape index (κ3) is 6.10. The molecule has 0 aromatic heterocycles. The average molecular weight is 456 g/mol. The number of hydrogen-bond acceptors (Lipinski definition) is 4. The van der Waals surface area contributed by atoms with Gasteiger partial charge in [0.2, 0.25) is 10.0 Å². The van der Waals surface area contributed by atoms with Crippen molar-refractivity contribution in [2.75, 3.05) is 5.32 Å². The van der Waals surface area contributed by atoms with Crippen molar-refractivity contribution in [3.05, 3.63) is 53.6 Å². The van der Waals surface area contributed by atoms with Crippen LogP contribution in [0.3, 0.4) is 0 Å². The number of amides is 1. The molecule has 0 aliphatic carbocycles.